The molecule has 0 spiro atoms. The summed E-state index contributed by atoms with van der Waals surface area (Å²) >= 11 is 0. The predicted molar refractivity (Wildman–Crippen MR) is 77.1 cm³/mol. The van der Waals surface area contributed by atoms with Crippen LogP contribution in [0.5, 0.6) is 5.88 Å². The van der Waals surface area contributed by atoms with E-state index in [-0.39, 0.29) is 0 Å². The molecule has 0 aromatic carbocycles. The largest absolute Gasteiger partial charge is 0.476 e. The van der Waals surface area contributed by atoms with Crippen LogP contribution in [0.3, 0.4) is 0 Å². The third-order valence-electron chi connectivity index (χ3n) is 2.56. The van der Waals surface area contributed by atoms with Gasteiger partial charge in [-0.1, -0.05) is 13.8 Å². The van der Waals surface area contributed by atoms with Crippen molar-refractivity contribution in [3.8, 4) is 11.9 Å². The quantitative estimate of drug-likeness (QED) is 0.816. The van der Waals surface area contributed by atoms with Crippen molar-refractivity contribution in [1.82, 2.24) is 4.98 Å². The van der Waals surface area contributed by atoms with E-state index in [1.807, 2.05) is 13.0 Å². The average molecular weight is 262 g/mol. The Balaban J connectivity index is 2.94. The number of rotatable bonds is 7. The van der Waals surface area contributed by atoms with Crippen molar-refractivity contribution in [2.45, 2.75) is 27.2 Å². The van der Waals surface area contributed by atoms with Crippen LogP contribution < -0.4 is 15.4 Å². The monoisotopic (exact) mass is 262 g/mol. The van der Waals surface area contributed by atoms with E-state index < -0.39 is 0 Å². The first-order valence-corrected chi connectivity index (χ1v) is 6.59. The minimum atomic E-state index is 0.464. The Bertz CT molecular complexity index is 440. The standard InChI is InChI=1S/C14H22N4O/c1-4-19-14-12(16)6-7-13(17-14)18(9-5-8-15)10-11(2)3/h6-7,11H,4-5,9-10,16H2,1-3H3. The Kier molecular flexibility index (Phi) is 5.94. The molecule has 0 aliphatic heterocycles. The molecule has 0 saturated heterocycles. The molecule has 0 amide bonds. The lowest BCUT2D eigenvalue weighted by Gasteiger charge is -2.25. The topological polar surface area (TPSA) is 75.2 Å². The lowest BCUT2D eigenvalue weighted by atomic mass is 10.2. The van der Waals surface area contributed by atoms with E-state index in [2.05, 4.69) is 29.8 Å². The molecule has 2 N–H and O–H groups in total. The molecule has 1 rings (SSSR count). The summed E-state index contributed by atoms with van der Waals surface area (Å²) in [6.45, 7) is 8.22. The molecule has 0 saturated carbocycles. The number of pyridine rings is 1. The van der Waals surface area contributed by atoms with E-state index >= 15 is 0 Å². The third kappa shape index (κ3) is 4.66. The zero-order valence-corrected chi connectivity index (χ0v) is 11.9. The molecule has 0 bridgehead atoms. The molecule has 5 heteroatoms. The molecule has 1 aromatic heterocycles. The molecule has 19 heavy (non-hydrogen) atoms. The molecule has 0 unspecified atom stereocenters. The number of nitriles is 1. The average Bonchev–Trinajstić information content (AvgIpc) is 2.37. The molecule has 5 nitrogen and oxygen atoms in total. The molecule has 1 heterocycles. The fourth-order valence-corrected chi connectivity index (χ4v) is 1.80. The van der Waals surface area contributed by atoms with Gasteiger partial charge in [0.15, 0.2) is 0 Å². The fraction of sp³-hybridized carbons (Fsp3) is 0.571. The first-order valence-electron chi connectivity index (χ1n) is 6.59. The van der Waals surface area contributed by atoms with Crippen LogP contribution in [-0.2, 0) is 0 Å². The highest BCUT2D eigenvalue weighted by molar-refractivity contribution is 5.54. The lowest BCUT2D eigenvalue weighted by molar-refractivity contribution is 0.329. The van der Waals surface area contributed by atoms with E-state index in [1.165, 1.54) is 0 Å². The Morgan fingerprint density at radius 3 is 2.79 bits per heavy atom. The molecule has 104 valence electrons. The van der Waals surface area contributed by atoms with Crippen molar-refractivity contribution in [1.29, 1.82) is 5.26 Å². The van der Waals surface area contributed by atoms with Crippen molar-refractivity contribution in [3.63, 3.8) is 0 Å². The fourth-order valence-electron chi connectivity index (χ4n) is 1.80. The first-order chi connectivity index (χ1) is 9.08. The van der Waals surface area contributed by atoms with Crippen LogP contribution in [0.1, 0.15) is 27.2 Å². The van der Waals surface area contributed by atoms with Gasteiger partial charge in [-0.25, -0.2) is 0 Å². The minimum absolute atomic E-state index is 0.464. The van der Waals surface area contributed by atoms with Crippen molar-refractivity contribution < 1.29 is 4.74 Å². The van der Waals surface area contributed by atoms with E-state index in [1.54, 1.807) is 6.07 Å². The van der Waals surface area contributed by atoms with Crippen molar-refractivity contribution >= 4 is 11.5 Å². The summed E-state index contributed by atoms with van der Waals surface area (Å²) < 4.78 is 5.41. The third-order valence-corrected chi connectivity index (χ3v) is 2.56. The maximum atomic E-state index is 8.74. The van der Waals surface area contributed by atoms with Gasteiger partial charge >= 0.3 is 0 Å². The highest BCUT2D eigenvalue weighted by Gasteiger charge is 2.12. The highest BCUT2D eigenvalue weighted by atomic mass is 16.5. The predicted octanol–water partition coefficient (Wildman–Crippen LogP) is 2.44. The van der Waals surface area contributed by atoms with Crippen molar-refractivity contribution in [2.75, 3.05) is 30.3 Å². The zero-order valence-electron chi connectivity index (χ0n) is 11.9. The summed E-state index contributed by atoms with van der Waals surface area (Å²) in [5.41, 5.74) is 6.36. The Morgan fingerprint density at radius 2 is 2.21 bits per heavy atom. The Labute approximate surface area is 115 Å². The number of nitrogens with two attached hydrogens (primary N) is 1. The van der Waals surface area contributed by atoms with Crippen LogP contribution in [0, 0.1) is 17.2 Å². The summed E-state index contributed by atoms with van der Waals surface area (Å²) in [4.78, 5) is 6.53. The van der Waals surface area contributed by atoms with Crippen LogP contribution in [0.15, 0.2) is 12.1 Å². The van der Waals surface area contributed by atoms with Gasteiger partial charge in [0, 0.05) is 13.1 Å². The summed E-state index contributed by atoms with van der Waals surface area (Å²) in [7, 11) is 0. The van der Waals surface area contributed by atoms with Crippen molar-refractivity contribution in [3.05, 3.63) is 12.1 Å². The summed E-state index contributed by atoms with van der Waals surface area (Å²) in [6, 6.07) is 5.84. The summed E-state index contributed by atoms with van der Waals surface area (Å²) in [5.74, 6) is 1.76. The van der Waals surface area contributed by atoms with E-state index in [4.69, 9.17) is 15.7 Å². The molecular formula is C14H22N4O. The highest BCUT2D eigenvalue weighted by Crippen LogP contribution is 2.23. The maximum absolute atomic E-state index is 8.74. The van der Waals surface area contributed by atoms with Gasteiger partial charge in [-0.05, 0) is 25.0 Å². The van der Waals surface area contributed by atoms with Gasteiger partial charge in [0.05, 0.1) is 24.8 Å². The van der Waals surface area contributed by atoms with Gasteiger partial charge in [-0.15, -0.1) is 0 Å². The zero-order chi connectivity index (χ0) is 14.3. The number of aromatic nitrogens is 1. The second kappa shape index (κ2) is 7.47. The number of nitrogen functional groups attached to an aromatic ring is 1. The summed E-state index contributed by atoms with van der Waals surface area (Å²) in [5, 5.41) is 8.74. The van der Waals surface area contributed by atoms with Gasteiger partial charge in [-0.2, -0.15) is 10.2 Å². The lowest BCUT2D eigenvalue weighted by Crippen LogP contribution is -2.29. The normalized spacial score (nSPS) is 10.3. The molecule has 0 radical (unpaired) electrons. The van der Waals surface area contributed by atoms with Crippen LogP contribution >= 0.6 is 0 Å². The molecule has 0 atom stereocenters. The second-order valence-corrected chi connectivity index (χ2v) is 4.74. The SMILES string of the molecule is CCOc1nc(N(CCC#N)CC(C)C)ccc1N. The molecule has 0 aliphatic rings. The second-order valence-electron chi connectivity index (χ2n) is 4.74. The first kappa shape index (κ1) is 15.1. The van der Waals surface area contributed by atoms with Crippen LogP contribution in [0.25, 0.3) is 0 Å². The van der Waals surface area contributed by atoms with Crippen LogP contribution in [0.4, 0.5) is 11.5 Å². The number of anilines is 2. The van der Waals surface area contributed by atoms with Gasteiger partial charge in [0.2, 0.25) is 5.88 Å². The molecule has 0 aliphatic carbocycles. The van der Waals surface area contributed by atoms with Gasteiger partial charge in [0.1, 0.15) is 5.82 Å². The Hall–Kier alpha value is -1.96. The van der Waals surface area contributed by atoms with Crippen LogP contribution in [0.2, 0.25) is 0 Å². The minimum Gasteiger partial charge on any atom is -0.476 e. The summed E-state index contributed by atoms with van der Waals surface area (Å²) in [6.07, 6.45) is 0.475. The van der Waals surface area contributed by atoms with E-state index in [0.717, 1.165) is 12.4 Å². The van der Waals surface area contributed by atoms with E-state index in [9.17, 15) is 0 Å². The molecule has 0 fully saturated rings. The smallest absolute Gasteiger partial charge is 0.239 e. The van der Waals surface area contributed by atoms with Gasteiger partial charge < -0.3 is 15.4 Å². The van der Waals surface area contributed by atoms with E-state index in [0.29, 0.717) is 37.1 Å². The Morgan fingerprint density at radius 1 is 1.47 bits per heavy atom. The van der Waals surface area contributed by atoms with Gasteiger partial charge in [-0.3, -0.25) is 0 Å². The number of hydrogen-bond donors (Lipinski definition) is 1. The molecule has 1 aromatic rings. The number of nitrogens with zero attached hydrogens (tertiary/aromatic N) is 3. The van der Waals surface area contributed by atoms with Gasteiger partial charge in [0.25, 0.3) is 0 Å². The number of hydrogen-bond acceptors (Lipinski definition) is 5. The van der Waals surface area contributed by atoms with Crippen LogP contribution in [-0.4, -0.2) is 24.7 Å². The molecular weight excluding hydrogens is 240 g/mol. The maximum Gasteiger partial charge on any atom is 0.239 e. The van der Waals surface area contributed by atoms with Crippen molar-refractivity contribution in [2.24, 2.45) is 5.92 Å². The number of ether oxygens (including phenoxy) is 1.